The predicted molar refractivity (Wildman–Crippen MR) is 99.3 cm³/mol. The van der Waals surface area contributed by atoms with Crippen LogP contribution < -0.4 is 15.0 Å². The minimum atomic E-state index is 0.175. The number of piperidine rings is 2. The molecule has 1 saturated carbocycles. The summed E-state index contributed by atoms with van der Waals surface area (Å²) in [6, 6.07) is 2.94. The Morgan fingerprint density at radius 1 is 1.15 bits per heavy atom. The van der Waals surface area contributed by atoms with Crippen molar-refractivity contribution in [1.29, 1.82) is 0 Å². The maximum atomic E-state index is 12.4. The number of aromatic nitrogens is 2. The molecule has 1 atom stereocenters. The summed E-state index contributed by atoms with van der Waals surface area (Å²) < 4.78 is 5.20. The fourth-order valence-electron chi connectivity index (χ4n) is 4.17. The number of nitrogens with zero attached hydrogens (tertiary/aromatic N) is 4. The number of likely N-dealkylation sites (tertiary alicyclic amines) is 1. The third kappa shape index (κ3) is 4.09. The van der Waals surface area contributed by atoms with Gasteiger partial charge in [-0.2, -0.15) is 0 Å². The molecule has 2 aliphatic heterocycles. The number of methoxy groups -OCH3 is 1. The molecule has 3 heterocycles. The summed E-state index contributed by atoms with van der Waals surface area (Å²) in [5, 5.41) is 3.19. The highest BCUT2D eigenvalue weighted by molar-refractivity contribution is 5.79. The van der Waals surface area contributed by atoms with Gasteiger partial charge in [0.15, 0.2) is 0 Å². The van der Waals surface area contributed by atoms with Gasteiger partial charge in [0.1, 0.15) is 12.1 Å². The van der Waals surface area contributed by atoms with Crippen LogP contribution in [0.3, 0.4) is 0 Å². The molecule has 1 aliphatic carbocycles. The quantitative estimate of drug-likeness (QED) is 0.858. The van der Waals surface area contributed by atoms with Gasteiger partial charge < -0.3 is 15.0 Å². The normalized spacial score (nSPS) is 25.1. The first-order valence-corrected chi connectivity index (χ1v) is 9.88. The van der Waals surface area contributed by atoms with Crippen molar-refractivity contribution >= 4 is 11.7 Å². The van der Waals surface area contributed by atoms with Crippen LogP contribution in [0.4, 0.5) is 5.82 Å². The van der Waals surface area contributed by atoms with Gasteiger partial charge in [0.2, 0.25) is 11.8 Å². The van der Waals surface area contributed by atoms with Crippen molar-refractivity contribution in [2.75, 3.05) is 38.2 Å². The molecule has 1 aromatic rings. The Morgan fingerprint density at radius 3 is 2.69 bits per heavy atom. The van der Waals surface area contributed by atoms with Crippen LogP contribution in [0, 0.1) is 5.92 Å². The zero-order valence-corrected chi connectivity index (χ0v) is 15.6. The molecule has 2 saturated heterocycles. The summed E-state index contributed by atoms with van der Waals surface area (Å²) in [4.78, 5) is 25.7. The van der Waals surface area contributed by atoms with E-state index in [-0.39, 0.29) is 11.8 Å². The van der Waals surface area contributed by atoms with Crippen LogP contribution in [0.15, 0.2) is 12.4 Å². The second kappa shape index (κ2) is 7.78. The van der Waals surface area contributed by atoms with Crippen LogP contribution in [-0.4, -0.2) is 66.1 Å². The van der Waals surface area contributed by atoms with E-state index in [1.54, 1.807) is 13.4 Å². The van der Waals surface area contributed by atoms with Crippen molar-refractivity contribution in [2.45, 2.75) is 50.6 Å². The second-order valence-corrected chi connectivity index (χ2v) is 7.75. The van der Waals surface area contributed by atoms with Crippen molar-refractivity contribution in [2.24, 2.45) is 5.92 Å². The summed E-state index contributed by atoms with van der Waals surface area (Å²) in [5.41, 5.74) is 0. The first-order chi connectivity index (χ1) is 12.7. The Morgan fingerprint density at radius 2 is 1.96 bits per heavy atom. The van der Waals surface area contributed by atoms with E-state index in [0.717, 1.165) is 70.5 Å². The number of anilines is 1. The highest BCUT2D eigenvalue weighted by Gasteiger charge is 2.33. The SMILES string of the molecule is COc1cc(N2CCC(N3CCC[C@@H](C(=O)NC4CC4)C3)CC2)ncn1. The third-order valence-corrected chi connectivity index (χ3v) is 5.89. The Labute approximate surface area is 155 Å². The Balaban J connectivity index is 1.30. The van der Waals surface area contributed by atoms with E-state index in [1.807, 2.05) is 6.07 Å². The predicted octanol–water partition coefficient (Wildman–Crippen LogP) is 1.44. The van der Waals surface area contributed by atoms with Crippen molar-refractivity contribution in [3.05, 3.63) is 12.4 Å². The van der Waals surface area contributed by atoms with Crippen LogP contribution in [0.1, 0.15) is 38.5 Å². The lowest BCUT2D eigenvalue weighted by Gasteiger charge is -2.42. The molecule has 0 radical (unpaired) electrons. The Kier molecular flexibility index (Phi) is 5.24. The molecule has 1 amide bonds. The topological polar surface area (TPSA) is 70.6 Å². The first-order valence-electron chi connectivity index (χ1n) is 9.88. The van der Waals surface area contributed by atoms with Gasteiger partial charge in [-0.15, -0.1) is 0 Å². The number of amides is 1. The number of rotatable bonds is 5. The molecule has 7 nitrogen and oxygen atoms in total. The summed E-state index contributed by atoms with van der Waals surface area (Å²) in [5.74, 6) is 2.00. The first kappa shape index (κ1) is 17.5. The number of ether oxygens (including phenoxy) is 1. The van der Waals surface area contributed by atoms with E-state index in [9.17, 15) is 4.79 Å². The minimum Gasteiger partial charge on any atom is -0.481 e. The number of carbonyl (C=O) groups excluding carboxylic acids is 1. The zero-order chi connectivity index (χ0) is 17.9. The zero-order valence-electron chi connectivity index (χ0n) is 15.6. The fraction of sp³-hybridized carbons (Fsp3) is 0.737. The van der Waals surface area contributed by atoms with Crippen LogP contribution in [0.25, 0.3) is 0 Å². The molecule has 0 spiro atoms. The van der Waals surface area contributed by atoms with Gasteiger partial charge in [-0.1, -0.05) is 0 Å². The maximum Gasteiger partial charge on any atom is 0.224 e. The number of hydrogen-bond donors (Lipinski definition) is 1. The van der Waals surface area contributed by atoms with Gasteiger partial charge in [-0.3, -0.25) is 9.69 Å². The molecule has 1 aromatic heterocycles. The van der Waals surface area contributed by atoms with E-state index >= 15 is 0 Å². The van der Waals surface area contributed by atoms with Gasteiger partial charge in [0.05, 0.1) is 13.0 Å². The van der Waals surface area contributed by atoms with Crippen molar-refractivity contribution in [3.8, 4) is 5.88 Å². The standard InChI is InChI=1S/C19H29N5O2/c1-26-18-11-17(20-13-21-18)23-9-6-16(7-10-23)24-8-2-3-14(12-24)19(25)22-15-4-5-15/h11,13-16H,2-10,12H2,1H3,(H,22,25)/t14-/m1/s1. The lowest BCUT2D eigenvalue weighted by molar-refractivity contribution is -0.127. The number of hydrogen-bond acceptors (Lipinski definition) is 6. The molecule has 7 heteroatoms. The average Bonchev–Trinajstić information content (AvgIpc) is 3.52. The second-order valence-electron chi connectivity index (χ2n) is 7.75. The Hall–Kier alpha value is -1.89. The van der Waals surface area contributed by atoms with E-state index in [2.05, 4.69) is 25.1 Å². The summed E-state index contributed by atoms with van der Waals surface area (Å²) >= 11 is 0. The lowest BCUT2D eigenvalue weighted by atomic mass is 9.93. The molecular formula is C19H29N5O2. The van der Waals surface area contributed by atoms with Gasteiger partial charge in [-0.05, 0) is 45.1 Å². The molecule has 142 valence electrons. The van der Waals surface area contributed by atoms with Gasteiger partial charge in [-0.25, -0.2) is 9.97 Å². The van der Waals surface area contributed by atoms with E-state index in [4.69, 9.17) is 4.74 Å². The van der Waals surface area contributed by atoms with Crippen molar-refractivity contribution < 1.29 is 9.53 Å². The molecule has 1 N–H and O–H groups in total. The molecule has 26 heavy (non-hydrogen) atoms. The van der Waals surface area contributed by atoms with E-state index in [0.29, 0.717) is 18.0 Å². The Bertz CT molecular complexity index is 628. The smallest absolute Gasteiger partial charge is 0.224 e. The minimum absolute atomic E-state index is 0.175. The van der Waals surface area contributed by atoms with Crippen LogP contribution in [0.2, 0.25) is 0 Å². The summed E-state index contributed by atoms with van der Waals surface area (Å²) in [6.07, 6.45) is 8.28. The van der Waals surface area contributed by atoms with Gasteiger partial charge in [0.25, 0.3) is 0 Å². The highest BCUT2D eigenvalue weighted by Crippen LogP contribution is 2.27. The molecule has 3 fully saturated rings. The monoisotopic (exact) mass is 359 g/mol. The lowest BCUT2D eigenvalue weighted by Crippen LogP contribution is -2.51. The molecule has 3 aliphatic rings. The maximum absolute atomic E-state index is 12.4. The van der Waals surface area contributed by atoms with E-state index in [1.165, 1.54) is 0 Å². The summed E-state index contributed by atoms with van der Waals surface area (Å²) in [6.45, 7) is 4.02. The van der Waals surface area contributed by atoms with Crippen LogP contribution >= 0.6 is 0 Å². The average molecular weight is 359 g/mol. The molecular weight excluding hydrogens is 330 g/mol. The fourth-order valence-corrected chi connectivity index (χ4v) is 4.17. The third-order valence-electron chi connectivity index (χ3n) is 5.89. The van der Waals surface area contributed by atoms with Crippen molar-refractivity contribution in [3.63, 3.8) is 0 Å². The number of carbonyl (C=O) groups is 1. The number of nitrogens with one attached hydrogen (secondary N) is 1. The van der Waals surface area contributed by atoms with Crippen LogP contribution in [-0.2, 0) is 4.79 Å². The molecule has 4 rings (SSSR count). The molecule has 0 unspecified atom stereocenters. The summed E-state index contributed by atoms with van der Waals surface area (Å²) in [7, 11) is 1.63. The highest BCUT2D eigenvalue weighted by atomic mass is 16.5. The molecule has 0 aromatic carbocycles. The van der Waals surface area contributed by atoms with Crippen LogP contribution in [0.5, 0.6) is 5.88 Å². The van der Waals surface area contributed by atoms with Gasteiger partial charge in [0, 0.05) is 37.8 Å². The largest absolute Gasteiger partial charge is 0.481 e. The van der Waals surface area contributed by atoms with E-state index < -0.39 is 0 Å². The molecule has 0 bridgehead atoms. The van der Waals surface area contributed by atoms with Crippen molar-refractivity contribution in [1.82, 2.24) is 20.2 Å². The van der Waals surface area contributed by atoms with Gasteiger partial charge >= 0.3 is 0 Å².